The molecular weight excluding hydrogens is 434 g/mol. The number of ketones is 1. The summed E-state index contributed by atoms with van der Waals surface area (Å²) in [4.78, 5) is 24.0. The second kappa shape index (κ2) is 9.57. The number of nitrogens with two attached hydrogens (primary N) is 1. The predicted molar refractivity (Wildman–Crippen MR) is 108 cm³/mol. The second-order valence-corrected chi connectivity index (χ2v) is 9.21. The number of hydrogen-bond acceptors (Lipinski definition) is 8. The van der Waals surface area contributed by atoms with E-state index in [4.69, 9.17) is 32.1 Å². The number of hydrogen-bond donors (Lipinski definition) is 1. The van der Waals surface area contributed by atoms with Gasteiger partial charge in [0.05, 0.1) is 22.8 Å². The molecule has 11 heteroatoms. The van der Waals surface area contributed by atoms with Gasteiger partial charge in [-0.15, -0.1) is 0 Å². The van der Waals surface area contributed by atoms with Crippen LogP contribution < -0.4 is 5.73 Å². The fourth-order valence-corrected chi connectivity index (χ4v) is 5.04. The van der Waals surface area contributed by atoms with Gasteiger partial charge in [-0.1, -0.05) is 11.6 Å². The highest BCUT2D eigenvalue weighted by Gasteiger charge is 2.34. The summed E-state index contributed by atoms with van der Waals surface area (Å²) in [6.45, 7) is 4.48. The Hall–Kier alpha value is -2.45. The fraction of sp³-hybridized carbons (Fsp3) is 0.421. The molecule has 2 rings (SSSR count). The van der Waals surface area contributed by atoms with E-state index in [-0.39, 0.29) is 52.0 Å². The van der Waals surface area contributed by atoms with Crippen LogP contribution in [0.1, 0.15) is 31.1 Å². The average molecular weight is 456 g/mol. The minimum atomic E-state index is -3.99. The third kappa shape index (κ3) is 5.37. The van der Waals surface area contributed by atoms with Crippen molar-refractivity contribution in [2.24, 2.45) is 5.73 Å². The van der Waals surface area contributed by atoms with Crippen LogP contribution in [-0.2, 0) is 24.3 Å². The molecule has 2 atom stereocenters. The molecule has 2 N–H and O–H groups in total. The van der Waals surface area contributed by atoms with Crippen molar-refractivity contribution in [3.05, 3.63) is 40.1 Å². The Bertz CT molecular complexity index is 1020. The molecule has 0 amide bonds. The van der Waals surface area contributed by atoms with Crippen LogP contribution in [0.5, 0.6) is 0 Å². The van der Waals surface area contributed by atoms with Crippen molar-refractivity contribution in [3.63, 3.8) is 0 Å². The van der Waals surface area contributed by atoms with Gasteiger partial charge in [0.2, 0.25) is 15.8 Å². The number of morpholine rings is 1. The molecule has 0 saturated carbocycles. The highest BCUT2D eigenvalue weighted by molar-refractivity contribution is 7.89. The van der Waals surface area contributed by atoms with Gasteiger partial charge in [0.15, 0.2) is 6.61 Å². The highest BCUT2D eigenvalue weighted by atomic mass is 35.5. The van der Waals surface area contributed by atoms with Crippen LogP contribution in [0.4, 0.5) is 0 Å². The van der Waals surface area contributed by atoms with Crippen molar-refractivity contribution in [2.75, 3.05) is 19.7 Å². The molecule has 0 spiro atoms. The number of Topliss-reactive ketones (excluding diaryl/α,β-unsaturated/α-hetero) is 1. The molecule has 0 aromatic heterocycles. The molecule has 0 bridgehead atoms. The number of halogens is 1. The van der Waals surface area contributed by atoms with E-state index in [1.165, 1.54) is 23.4 Å². The number of rotatable bonds is 6. The van der Waals surface area contributed by atoms with Crippen molar-refractivity contribution in [1.82, 2.24) is 4.31 Å². The molecule has 0 radical (unpaired) electrons. The van der Waals surface area contributed by atoms with Crippen molar-refractivity contribution >= 4 is 33.4 Å². The van der Waals surface area contributed by atoms with Gasteiger partial charge >= 0.3 is 5.97 Å². The van der Waals surface area contributed by atoms with Gasteiger partial charge in [-0.05, 0) is 39.0 Å². The molecule has 1 heterocycles. The Morgan fingerprint density at radius 3 is 2.47 bits per heavy atom. The van der Waals surface area contributed by atoms with Gasteiger partial charge in [-0.25, -0.2) is 13.2 Å². The summed E-state index contributed by atoms with van der Waals surface area (Å²) < 4.78 is 37.9. The molecule has 162 valence electrons. The van der Waals surface area contributed by atoms with Crippen LogP contribution in [-0.4, -0.2) is 56.4 Å². The minimum absolute atomic E-state index is 0.00684. The topological polar surface area (TPSA) is 140 Å². The lowest BCUT2D eigenvalue weighted by molar-refractivity contribution is -0.118. The van der Waals surface area contributed by atoms with Gasteiger partial charge < -0.3 is 15.2 Å². The standard InChI is InChI=1S/C19H22ClN3O6S/c1-11-8-23(9-12(2)29-11)30(26,27)18-6-14(4-5-16(18)20)19(25)28-10-17(24)15(7-21)13(3)22/h4-6,11-12H,8-10,22H2,1-3H3/b15-13+. The molecule has 1 aromatic rings. The third-order valence-corrected chi connectivity index (χ3v) is 6.60. The van der Waals surface area contributed by atoms with E-state index in [2.05, 4.69) is 0 Å². The fourth-order valence-electron chi connectivity index (χ4n) is 2.95. The van der Waals surface area contributed by atoms with Crippen LogP contribution in [0.3, 0.4) is 0 Å². The van der Waals surface area contributed by atoms with Crippen LogP contribution in [0, 0.1) is 11.3 Å². The summed E-state index contributed by atoms with van der Waals surface area (Å²) >= 11 is 6.10. The largest absolute Gasteiger partial charge is 0.454 e. The van der Waals surface area contributed by atoms with Crippen LogP contribution in [0.25, 0.3) is 0 Å². The lowest BCUT2D eigenvalue weighted by atomic mass is 10.1. The molecule has 1 aliphatic heterocycles. The Labute approximate surface area is 180 Å². The Morgan fingerprint density at radius 1 is 1.33 bits per heavy atom. The van der Waals surface area contributed by atoms with Gasteiger partial charge in [0.25, 0.3) is 0 Å². The first kappa shape index (κ1) is 23.8. The van der Waals surface area contributed by atoms with Crippen molar-refractivity contribution in [3.8, 4) is 6.07 Å². The van der Waals surface area contributed by atoms with Crippen LogP contribution in [0.2, 0.25) is 5.02 Å². The number of carbonyl (C=O) groups is 2. The van der Waals surface area contributed by atoms with Gasteiger partial charge in [0.1, 0.15) is 16.5 Å². The first-order chi connectivity index (χ1) is 14.0. The number of nitrogens with zero attached hydrogens (tertiary/aromatic N) is 2. The van der Waals surface area contributed by atoms with E-state index >= 15 is 0 Å². The van der Waals surface area contributed by atoms with E-state index in [0.29, 0.717) is 0 Å². The lowest BCUT2D eigenvalue weighted by Crippen LogP contribution is -2.48. The number of allylic oxidation sites excluding steroid dienone is 1. The average Bonchev–Trinajstić information content (AvgIpc) is 2.65. The molecule has 1 saturated heterocycles. The molecular formula is C19H22ClN3O6S. The van der Waals surface area contributed by atoms with E-state index in [9.17, 15) is 18.0 Å². The summed E-state index contributed by atoms with van der Waals surface area (Å²) in [5, 5.41) is 8.87. The van der Waals surface area contributed by atoms with Crippen LogP contribution in [0.15, 0.2) is 34.4 Å². The molecule has 1 fully saturated rings. The zero-order valence-corrected chi connectivity index (χ0v) is 18.3. The summed E-state index contributed by atoms with van der Waals surface area (Å²) in [7, 11) is -3.99. The number of nitriles is 1. The normalized spacial score (nSPS) is 20.8. The van der Waals surface area contributed by atoms with Crippen molar-refractivity contribution in [2.45, 2.75) is 37.9 Å². The van der Waals surface area contributed by atoms with E-state index in [1.807, 2.05) is 0 Å². The SMILES string of the molecule is C/C(N)=C(/C#N)C(=O)COC(=O)c1ccc(Cl)c(S(=O)(=O)N2CC(C)OC(C)C2)c1. The predicted octanol–water partition coefficient (Wildman–Crippen LogP) is 1.62. The summed E-state index contributed by atoms with van der Waals surface area (Å²) in [6.07, 6.45) is -0.593. The number of ether oxygens (including phenoxy) is 2. The smallest absolute Gasteiger partial charge is 0.338 e. The molecule has 9 nitrogen and oxygen atoms in total. The zero-order valence-electron chi connectivity index (χ0n) is 16.7. The Kier molecular flexibility index (Phi) is 7.60. The second-order valence-electron chi connectivity index (χ2n) is 6.89. The number of esters is 1. The first-order valence-corrected chi connectivity index (χ1v) is 10.8. The highest BCUT2D eigenvalue weighted by Crippen LogP contribution is 2.28. The summed E-state index contributed by atoms with van der Waals surface area (Å²) in [6, 6.07) is 5.30. The molecule has 0 aliphatic carbocycles. The molecule has 30 heavy (non-hydrogen) atoms. The number of carbonyl (C=O) groups excluding carboxylic acids is 2. The Balaban J connectivity index is 2.24. The maximum Gasteiger partial charge on any atom is 0.338 e. The van der Waals surface area contributed by atoms with Crippen molar-refractivity contribution in [1.29, 1.82) is 5.26 Å². The molecule has 1 aromatic carbocycles. The maximum atomic E-state index is 13.1. The number of benzene rings is 1. The Morgan fingerprint density at radius 2 is 1.93 bits per heavy atom. The summed E-state index contributed by atoms with van der Waals surface area (Å²) in [5.41, 5.74) is 5.04. The van der Waals surface area contributed by atoms with Crippen LogP contribution >= 0.6 is 11.6 Å². The maximum absolute atomic E-state index is 13.1. The van der Waals surface area contributed by atoms with Crippen molar-refractivity contribution < 1.29 is 27.5 Å². The number of sulfonamides is 1. The minimum Gasteiger partial charge on any atom is -0.454 e. The molecule has 1 aliphatic rings. The molecule has 2 unspecified atom stereocenters. The first-order valence-electron chi connectivity index (χ1n) is 8.99. The van der Waals surface area contributed by atoms with Gasteiger partial charge in [-0.3, -0.25) is 4.79 Å². The van der Waals surface area contributed by atoms with E-state index in [1.54, 1.807) is 19.9 Å². The monoisotopic (exact) mass is 455 g/mol. The zero-order chi connectivity index (χ0) is 22.6. The van der Waals surface area contributed by atoms with Gasteiger partial charge in [0, 0.05) is 18.8 Å². The van der Waals surface area contributed by atoms with E-state index in [0.717, 1.165) is 6.07 Å². The third-order valence-electron chi connectivity index (χ3n) is 4.29. The quantitative estimate of drug-likeness (QED) is 0.387. The van der Waals surface area contributed by atoms with E-state index < -0.39 is 28.4 Å². The van der Waals surface area contributed by atoms with Gasteiger partial charge in [-0.2, -0.15) is 9.57 Å². The lowest BCUT2D eigenvalue weighted by Gasteiger charge is -2.34. The summed E-state index contributed by atoms with van der Waals surface area (Å²) in [5.74, 6) is -1.70.